The van der Waals surface area contributed by atoms with Crippen molar-refractivity contribution < 1.29 is 13.2 Å². The van der Waals surface area contributed by atoms with Crippen molar-refractivity contribution in [3.63, 3.8) is 0 Å². The maximum absolute atomic E-state index is 11.9. The minimum absolute atomic E-state index is 0.0206. The molecule has 21 heavy (non-hydrogen) atoms. The first-order chi connectivity index (χ1) is 9.65. The van der Waals surface area contributed by atoms with Gasteiger partial charge in [0.05, 0.1) is 22.0 Å². The maximum atomic E-state index is 11.9. The van der Waals surface area contributed by atoms with E-state index < -0.39 is 10.0 Å². The van der Waals surface area contributed by atoms with Crippen LogP contribution in [0.25, 0.3) is 0 Å². The predicted octanol–water partition coefficient (Wildman–Crippen LogP) is 2.67. The zero-order chi connectivity index (χ0) is 16.2. The van der Waals surface area contributed by atoms with Crippen molar-refractivity contribution in [1.82, 2.24) is 5.32 Å². The summed E-state index contributed by atoms with van der Waals surface area (Å²) < 4.78 is 24.8. The molecular formula is C13H18Cl2N2O3S. The van der Waals surface area contributed by atoms with Crippen LogP contribution in [0.5, 0.6) is 0 Å². The van der Waals surface area contributed by atoms with Crippen molar-refractivity contribution in [2.24, 2.45) is 0 Å². The van der Waals surface area contributed by atoms with Gasteiger partial charge in [0.1, 0.15) is 6.54 Å². The molecule has 5 nitrogen and oxygen atoms in total. The lowest BCUT2D eigenvalue weighted by Gasteiger charge is -2.23. The fourth-order valence-electron chi connectivity index (χ4n) is 1.59. The first-order valence-corrected chi connectivity index (χ1v) is 8.97. The molecule has 1 N–H and O–H groups in total. The lowest BCUT2D eigenvalue weighted by molar-refractivity contribution is -0.120. The van der Waals surface area contributed by atoms with Crippen molar-refractivity contribution in [2.45, 2.75) is 26.3 Å². The van der Waals surface area contributed by atoms with Gasteiger partial charge < -0.3 is 5.32 Å². The van der Waals surface area contributed by atoms with Crippen LogP contribution in [0.2, 0.25) is 10.0 Å². The normalized spacial score (nSPS) is 12.8. The molecule has 8 heteroatoms. The number of hydrogen-bond donors (Lipinski definition) is 1. The lowest BCUT2D eigenvalue weighted by atomic mass is 10.2. The Hall–Kier alpha value is -0.980. The molecule has 1 aromatic rings. The molecule has 0 aliphatic rings. The predicted molar refractivity (Wildman–Crippen MR) is 86.5 cm³/mol. The third kappa shape index (κ3) is 5.37. The van der Waals surface area contributed by atoms with Crippen LogP contribution in [-0.2, 0) is 14.8 Å². The molecular weight excluding hydrogens is 335 g/mol. The Morgan fingerprint density at radius 1 is 1.33 bits per heavy atom. The molecule has 1 atom stereocenters. The molecule has 1 amide bonds. The summed E-state index contributed by atoms with van der Waals surface area (Å²) in [6.07, 6.45) is 1.80. The molecule has 0 aliphatic carbocycles. The van der Waals surface area contributed by atoms with Crippen molar-refractivity contribution in [3.8, 4) is 0 Å². The summed E-state index contributed by atoms with van der Waals surface area (Å²) in [7, 11) is -3.61. The van der Waals surface area contributed by atoms with E-state index in [2.05, 4.69) is 5.32 Å². The van der Waals surface area contributed by atoms with Gasteiger partial charge in [-0.2, -0.15) is 0 Å². The highest BCUT2D eigenvalue weighted by Crippen LogP contribution is 2.28. The summed E-state index contributed by atoms with van der Waals surface area (Å²) in [6.45, 7) is 3.47. The van der Waals surface area contributed by atoms with E-state index in [0.29, 0.717) is 10.7 Å². The number of benzene rings is 1. The van der Waals surface area contributed by atoms with Crippen molar-refractivity contribution in [1.29, 1.82) is 0 Å². The molecule has 0 unspecified atom stereocenters. The molecule has 0 heterocycles. The van der Waals surface area contributed by atoms with E-state index in [1.54, 1.807) is 0 Å². The second-order valence-electron chi connectivity index (χ2n) is 4.74. The van der Waals surface area contributed by atoms with Crippen molar-refractivity contribution >= 4 is 44.8 Å². The van der Waals surface area contributed by atoms with Crippen LogP contribution in [0.15, 0.2) is 18.2 Å². The van der Waals surface area contributed by atoms with Gasteiger partial charge in [0.15, 0.2) is 0 Å². The van der Waals surface area contributed by atoms with Gasteiger partial charge in [-0.05, 0) is 31.5 Å². The smallest absolute Gasteiger partial charge is 0.240 e. The third-order valence-corrected chi connectivity index (χ3v) is 4.78. The van der Waals surface area contributed by atoms with Gasteiger partial charge >= 0.3 is 0 Å². The van der Waals surface area contributed by atoms with Crippen LogP contribution in [0.4, 0.5) is 5.69 Å². The van der Waals surface area contributed by atoms with E-state index in [1.807, 2.05) is 13.8 Å². The summed E-state index contributed by atoms with van der Waals surface area (Å²) in [6, 6.07) is 4.39. The van der Waals surface area contributed by atoms with Gasteiger partial charge in [-0.1, -0.05) is 30.1 Å². The Kier molecular flexibility index (Phi) is 6.31. The van der Waals surface area contributed by atoms with E-state index in [0.717, 1.165) is 17.0 Å². The number of nitrogens with one attached hydrogen (secondary N) is 1. The van der Waals surface area contributed by atoms with Crippen LogP contribution in [-0.4, -0.2) is 33.2 Å². The number of carbonyl (C=O) groups excluding carboxylic acids is 1. The molecule has 0 bridgehead atoms. The number of halogens is 2. The minimum Gasteiger partial charge on any atom is -0.352 e. The van der Waals surface area contributed by atoms with Gasteiger partial charge in [-0.25, -0.2) is 8.42 Å². The van der Waals surface area contributed by atoms with Crippen LogP contribution >= 0.6 is 23.2 Å². The lowest BCUT2D eigenvalue weighted by Crippen LogP contribution is -2.43. The standard InChI is InChI=1S/C13H18Cl2N2O3S/c1-4-9(2)16-13(18)8-17(21(3,19)20)10-5-6-11(14)12(15)7-10/h5-7,9H,4,8H2,1-3H3,(H,16,18)/t9-/m1/s1. The highest BCUT2D eigenvalue weighted by molar-refractivity contribution is 7.92. The first kappa shape index (κ1) is 18.1. The number of nitrogens with zero attached hydrogens (tertiary/aromatic N) is 1. The van der Waals surface area contributed by atoms with Crippen molar-refractivity contribution in [3.05, 3.63) is 28.2 Å². The number of amides is 1. The maximum Gasteiger partial charge on any atom is 0.240 e. The topological polar surface area (TPSA) is 66.5 Å². The number of sulfonamides is 1. The number of carbonyl (C=O) groups is 1. The molecule has 0 saturated heterocycles. The summed E-state index contributed by atoms with van der Waals surface area (Å²) in [5.41, 5.74) is 0.297. The van der Waals surface area contributed by atoms with Crippen LogP contribution in [0.1, 0.15) is 20.3 Å². The Morgan fingerprint density at radius 2 is 1.95 bits per heavy atom. The average molecular weight is 353 g/mol. The zero-order valence-corrected chi connectivity index (χ0v) is 14.4. The summed E-state index contributed by atoms with van der Waals surface area (Å²) in [5.74, 6) is -0.374. The number of rotatable bonds is 6. The molecule has 118 valence electrons. The van der Waals surface area contributed by atoms with E-state index in [4.69, 9.17) is 23.2 Å². The molecule has 0 spiro atoms. The minimum atomic E-state index is -3.61. The molecule has 1 aromatic carbocycles. The second kappa shape index (κ2) is 7.33. The van der Waals surface area contributed by atoms with Crippen LogP contribution in [0, 0.1) is 0 Å². The van der Waals surface area contributed by atoms with Gasteiger partial charge in [-0.15, -0.1) is 0 Å². The Bertz CT molecular complexity index is 620. The van der Waals surface area contributed by atoms with E-state index >= 15 is 0 Å². The zero-order valence-electron chi connectivity index (χ0n) is 12.1. The van der Waals surface area contributed by atoms with E-state index in [-0.39, 0.29) is 23.5 Å². The highest BCUT2D eigenvalue weighted by atomic mass is 35.5. The van der Waals surface area contributed by atoms with E-state index in [9.17, 15) is 13.2 Å². The number of hydrogen-bond acceptors (Lipinski definition) is 3. The fraction of sp³-hybridized carbons (Fsp3) is 0.462. The SMILES string of the molecule is CC[C@@H](C)NC(=O)CN(c1ccc(Cl)c(Cl)c1)S(C)(=O)=O. The fourth-order valence-corrected chi connectivity index (χ4v) is 2.73. The summed E-state index contributed by atoms with van der Waals surface area (Å²) in [5, 5.41) is 3.27. The molecule has 0 saturated carbocycles. The Balaban J connectivity index is 3.02. The quantitative estimate of drug-likeness (QED) is 0.855. The van der Waals surface area contributed by atoms with Gasteiger partial charge in [0, 0.05) is 6.04 Å². The Labute approximate surface area is 135 Å². The van der Waals surface area contributed by atoms with Gasteiger partial charge in [0.25, 0.3) is 0 Å². The third-order valence-electron chi connectivity index (χ3n) is 2.90. The summed E-state index contributed by atoms with van der Waals surface area (Å²) >= 11 is 11.7. The highest BCUT2D eigenvalue weighted by Gasteiger charge is 2.22. The van der Waals surface area contributed by atoms with Crippen LogP contribution < -0.4 is 9.62 Å². The molecule has 0 aromatic heterocycles. The molecule has 1 rings (SSSR count). The van der Waals surface area contributed by atoms with E-state index in [1.165, 1.54) is 18.2 Å². The second-order valence-corrected chi connectivity index (χ2v) is 7.47. The van der Waals surface area contributed by atoms with Crippen molar-refractivity contribution in [2.75, 3.05) is 17.1 Å². The number of anilines is 1. The molecule has 0 aliphatic heterocycles. The average Bonchev–Trinajstić information content (AvgIpc) is 2.38. The molecule has 0 radical (unpaired) electrons. The largest absolute Gasteiger partial charge is 0.352 e. The summed E-state index contributed by atoms with van der Waals surface area (Å²) in [4.78, 5) is 11.9. The molecule has 0 fully saturated rings. The van der Waals surface area contributed by atoms with Gasteiger partial charge in [-0.3, -0.25) is 9.10 Å². The van der Waals surface area contributed by atoms with Gasteiger partial charge in [0.2, 0.25) is 15.9 Å². The Morgan fingerprint density at radius 3 is 2.43 bits per heavy atom. The monoisotopic (exact) mass is 352 g/mol. The first-order valence-electron chi connectivity index (χ1n) is 6.37. The van der Waals surface area contributed by atoms with Crippen LogP contribution in [0.3, 0.4) is 0 Å².